The van der Waals surface area contributed by atoms with Crippen molar-refractivity contribution in [2.75, 3.05) is 31.6 Å². The van der Waals surface area contributed by atoms with Crippen LogP contribution in [0.15, 0.2) is 24.3 Å². The van der Waals surface area contributed by atoms with E-state index in [1.165, 1.54) is 0 Å². The van der Waals surface area contributed by atoms with Gasteiger partial charge >= 0.3 is 0 Å². The molecule has 2 rings (SSSR count). The van der Waals surface area contributed by atoms with Crippen molar-refractivity contribution in [1.29, 1.82) is 0 Å². The Morgan fingerprint density at radius 3 is 2.95 bits per heavy atom. The summed E-state index contributed by atoms with van der Waals surface area (Å²) in [6, 6.07) is 7.50. The van der Waals surface area contributed by atoms with Crippen molar-refractivity contribution in [2.45, 2.75) is 26.3 Å². The van der Waals surface area contributed by atoms with E-state index in [1.807, 2.05) is 36.1 Å². The number of para-hydroxylation sites is 2. The zero-order valence-corrected chi connectivity index (χ0v) is 12.7. The Morgan fingerprint density at radius 1 is 1.48 bits per heavy atom. The van der Waals surface area contributed by atoms with Crippen LogP contribution in [-0.4, -0.2) is 48.3 Å². The van der Waals surface area contributed by atoms with Gasteiger partial charge in [0.15, 0.2) is 0 Å². The van der Waals surface area contributed by atoms with E-state index in [1.54, 1.807) is 0 Å². The molecule has 1 aliphatic rings. The molecular weight excluding hydrogens is 268 g/mol. The molecular formula is C16H24N2O3. The number of carbonyl (C=O) groups excluding carboxylic acids is 1. The third-order valence-electron chi connectivity index (χ3n) is 3.99. The second-order valence-electron chi connectivity index (χ2n) is 5.46. The highest BCUT2D eigenvalue weighted by atomic mass is 16.5. The normalized spacial score (nSPS) is 22.2. The molecule has 21 heavy (non-hydrogen) atoms. The molecule has 2 N–H and O–H groups in total. The summed E-state index contributed by atoms with van der Waals surface area (Å²) in [5.74, 6) is 1.04. The first-order chi connectivity index (χ1) is 10.2. The Bertz CT molecular complexity index is 478. The predicted octanol–water partition coefficient (Wildman–Crippen LogP) is 1.73. The molecule has 1 aromatic rings. The van der Waals surface area contributed by atoms with Crippen molar-refractivity contribution in [1.82, 2.24) is 4.90 Å². The Labute approximate surface area is 125 Å². The van der Waals surface area contributed by atoms with Crippen LogP contribution in [0.3, 0.4) is 0 Å². The highest BCUT2D eigenvalue weighted by Crippen LogP contribution is 2.25. The molecule has 5 heteroatoms. The standard InChI is InChI=1S/C16H24N2O3/c1-3-21-15-7-5-4-6-13(15)17-16(20)10-18-9-8-12(2)14(18)11-19/h4-7,12,14,19H,3,8-11H2,1-2H3,(H,17,20). The number of ether oxygens (including phenoxy) is 1. The molecule has 1 aliphatic heterocycles. The number of benzene rings is 1. The van der Waals surface area contributed by atoms with Gasteiger partial charge in [0.1, 0.15) is 5.75 Å². The maximum Gasteiger partial charge on any atom is 0.238 e. The van der Waals surface area contributed by atoms with Crippen molar-refractivity contribution >= 4 is 11.6 Å². The van der Waals surface area contributed by atoms with Gasteiger partial charge in [-0.1, -0.05) is 19.1 Å². The summed E-state index contributed by atoms with van der Waals surface area (Å²) in [6.45, 7) is 5.84. The molecule has 1 saturated heterocycles. The van der Waals surface area contributed by atoms with Crippen LogP contribution in [0.4, 0.5) is 5.69 Å². The van der Waals surface area contributed by atoms with Crippen molar-refractivity contribution in [3.05, 3.63) is 24.3 Å². The first kappa shape index (κ1) is 15.8. The molecule has 0 bridgehead atoms. The van der Waals surface area contributed by atoms with E-state index in [0.29, 0.717) is 30.5 Å². The van der Waals surface area contributed by atoms with Gasteiger partial charge in [-0.2, -0.15) is 0 Å². The van der Waals surface area contributed by atoms with Gasteiger partial charge in [0.25, 0.3) is 0 Å². The number of nitrogens with one attached hydrogen (secondary N) is 1. The van der Waals surface area contributed by atoms with Crippen LogP contribution < -0.4 is 10.1 Å². The van der Waals surface area contributed by atoms with Crippen LogP contribution in [0.25, 0.3) is 0 Å². The molecule has 0 saturated carbocycles. The first-order valence-corrected chi connectivity index (χ1v) is 7.52. The lowest BCUT2D eigenvalue weighted by molar-refractivity contribution is -0.117. The predicted molar refractivity (Wildman–Crippen MR) is 82.5 cm³/mol. The van der Waals surface area contributed by atoms with E-state index in [2.05, 4.69) is 12.2 Å². The fourth-order valence-electron chi connectivity index (χ4n) is 2.80. The van der Waals surface area contributed by atoms with Crippen LogP contribution in [-0.2, 0) is 4.79 Å². The second kappa shape index (κ2) is 7.43. The van der Waals surface area contributed by atoms with Gasteiger partial charge < -0.3 is 15.2 Å². The zero-order chi connectivity index (χ0) is 15.2. The van der Waals surface area contributed by atoms with Gasteiger partial charge in [0.05, 0.1) is 25.4 Å². The number of hydrogen-bond donors (Lipinski definition) is 2. The number of aliphatic hydroxyl groups is 1. The van der Waals surface area contributed by atoms with Crippen molar-refractivity contribution in [3.63, 3.8) is 0 Å². The molecule has 1 fully saturated rings. The fraction of sp³-hybridized carbons (Fsp3) is 0.562. The Hall–Kier alpha value is -1.59. The zero-order valence-electron chi connectivity index (χ0n) is 12.7. The maximum atomic E-state index is 12.2. The highest BCUT2D eigenvalue weighted by molar-refractivity contribution is 5.93. The molecule has 1 heterocycles. The molecule has 0 radical (unpaired) electrons. The number of aliphatic hydroxyl groups excluding tert-OH is 1. The number of carbonyl (C=O) groups is 1. The summed E-state index contributed by atoms with van der Waals surface area (Å²) in [4.78, 5) is 14.2. The monoisotopic (exact) mass is 292 g/mol. The summed E-state index contributed by atoms with van der Waals surface area (Å²) in [5.41, 5.74) is 0.692. The van der Waals surface area contributed by atoms with Gasteiger partial charge in [0, 0.05) is 6.04 Å². The summed E-state index contributed by atoms with van der Waals surface area (Å²) in [6.07, 6.45) is 1.02. The summed E-state index contributed by atoms with van der Waals surface area (Å²) in [5, 5.41) is 12.3. The third-order valence-corrected chi connectivity index (χ3v) is 3.99. The molecule has 2 unspecified atom stereocenters. The molecule has 0 aliphatic carbocycles. The lowest BCUT2D eigenvalue weighted by Crippen LogP contribution is -2.40. The number of nitrogens with zero attached hydrogens (tertiary/aromatic N) is 1. The van der Waals surface area contributed by atoms with Crippen LogP contribution in [0, 0.1) is 5.92 Å². The number of likely N-dealkylation sites (tertiary alicyclic amines) is 1. The average Bonchev–Trinajstić information content (AvgIpc) is 2.81. The summed E-state index contributed by atoms with van der Waals surface area (Å²) < 4.78 is 5.50. The van der Waals surface area contributed by atoms with Crippen molar-refractivity contribution in [2.24, 2.45) is 5.92 Å². The Kier molecular flexibility index (Phi) is 5.59. The highest BCUT2D eigenvalue weighted by Gasteiger charge is 2.31. The first-order valence-electron chi connectivity index (χ1n) is 7.52. The minimum absolute atomic E-state index is 0.0743. The van der Waals surface area contributed by atoms with Crippen LogP contribution >= 0.6 is 0 Å². The molecule has 1 amide bonds. The summed E-state index contributed by atoms with van der Waals surface area (Å²) in [7, 11) is 0. The van der Waals surface area contributed by atoms with E-state index in [0.717, 1.165) is 13.0 Å². The van der Waals surface area contributed by atoms with E-state index >= 15 is 0 Å². The van der Waals surface area contributed by atoms with Crippen LogP contribution in [0.1, 0.15) is 20.3 Å². The van der Waals surface area contributed by atoms with E-state index < -0.39 is 0 Å². The molecule has 2 atom stereocenters. The minimum Gasteiger partial charge on any atom is -0.492 e. The van der Waals surface area contributed by atoms with E-state index in [9.17, 15) is 9.90 Å². The van der Waals surface area contributed by atoms with Crippen LogP contribution in [0.5, 0.6) is 5.75 Å². The number of rotatable bonds is 6. The number of anilines is 1. The Morgan fingerprint density at radius 2 is 2.24 bits per heavy atom. The molecule has 0 aromatic heterocycles. The number of hydrogen-bond acceptors (Lipinski definition) is 4. The van der Waals surface area contributed by atoms with Gasteiger partial charge in [-0.3, -0.25) is 9.69 Å². The SMILES string of the molecule is CCOc1ccccc1NC(=O)CN1CCC(C)C1CO. The van der Waals surface area contributed by atoms with E-state index in [-0.39, 0.29) is 18.6 Å². The minimum atomic E-state index is -0.0743. The van der Waals surface area contributed by atoms with Gasteiger partial charge in [0.2, 0.25) is 5.91 Å². The average molecular weight is 292 g/mol. The van der Waals surface area contributed by atoms with E-state index in [4.69, 9.17) is 4.74 Å². The quantitative estimate of drug-likeness (QED) is 0.838. The van der Waals surface area contributed by atoms with Crippen LogP contribution in [0.2, 0.25) is 0 Å². The molecule has 5 nitrogen and oxygen atoms in total. The van der Waals surface area contributed by atoms with Gasteiger partial charge in [-0.25, -0.2) is 0 Å². The van der Waals surface area contributed by atoms with Gasteiger partial charge in [-0.05, 0) is 37.9 Å². The van der Waals surface area contributed by atoms with Crippen molar-refractivity contribution in [3.8, 4) is 5.75 Å². The Balaban J connectivity index is 1.96. The second-order valence-corrected chi connectivity index (χ2v) is 5.46. The molecule has 0 spiro atoms. The maximum absolute atomic E-state index is 12.2. The summed E-state index contributed by atoms with van der Waals surface area (Å²) >= 11 is 0. The largest absolute Gasteiger partial charge is 0.492 e. The fourth-order valence-corrected chi connectivity index (χ4v) is 2.80. The lowest BCUT2D eigenvalue weighted by Gasteiger charge is -2.24. The third kappa shape index (κ3) is 3.95. The lowest BCUT2D eigenvalue weighted by atomic mass is 10.0. The molecule has 116 valence electrons. The van der Waals surface area contributed by atoms with Gasteiger partial charge in [-0.15, -0.1) is 0 Å². The van der Waals surface area contributed by atoms with Crippen molar-refractivity contribution < 1.29 is 14.6 Å². The molecule has 1 aromatic carbocycles. The topological polar surface area (TPSA) is 61.8 Å². The smallest absolute Gasteiger partial charge is 0.238 e. The number of amides is 1.